The maximum atomic E-state index is 11.7. The van der Waals surface area contributed by atoms with Gasteiger partial charge in [-0.15, -0.1) is 0 Å². The number of nitrogens with one attached hydrogen (secondary N) is 2. The Morgan fingerprint density at radius 3 is 2.68 bits per heavy atom. The molecule has 4 nitrogen and oxygen atoms in total. The van der Waals surface area contributed by atoms with Gasteiger partial charge in [-0.2, -0.15) is 0 Å². The second-order valence-corrected chi connectivity index (χ2v) is 4.86. The zero-order chi connectivity index (χ0) is 14.3. The van der Waals surface area contributed by atoms with Crippen molar-refractivity contribution in [3.05, 3.63) is 29.3 Å². The zero-order valence-electron chi connectivity index (χ0n) is 12.4. The number of anilines is 1. The highest BCUT2D eigenvalue weighted by molar-refractivity contribution is 5.81. The van der Waals surface area contributed by atoms with Crippen LogP contribution in [0.4, 0.5) is 5.69 Å². The van der Waals surface area contributed by atoms with Crippen molar-refractivity contribution < 1.29 is 4.79 Å². The second kappa shape index (κ2) is 7.79. The summed E-state index contributed by atoms with van der Waals surface area (Å²) in [6.45, 7) is 6.13. The predicted octanol–water partition coefficient (Wildman–Crippen LogP) is 1.68. The number of carbonyl (C=O) groups is 1. The normalized spacial score (nSPS) is 10.3. The molecule has 0 atom stereocenters. The van der Waals surface area contributed by atoms with E-state index in [2.05, 4.69) is 42.7 Å². The van der Waals surface area contributed by atoms with Crippen LogP contribution < -0.4 is 15.5 Å². The van der Waals surface area contributed by atoms with Gasteiger partial charge in [0.15, 0.2) is 0 Å². The second-order valence-electron chi connectivity index (χ2n) is 4.86. The van der Waals surface area contributed by atoms with E-state index in [0.717, 1.165) is 25.2 Å². The first-order valence-electron chi connectivity index (χ1n) is 6.80. The van der Waals surface area contributed by atoms with Crippen LogP contribution in [0, 0.1) is 6.92 Å². The summed E-state index contributed by atoms with van der Waals surface area (Å²) in [7, 11) is 3.89. The maximum absolute atomic E-state index is 11.7. The molecule has 1 aromatic carbocycles. The fourth-order valence-electron chi connectivity index (χ4n) is 2.08. The summed E-state index contributed by atoms with van der Waals surface area (Å²) in [5, 5.41) is 6.03. The molecule has 4 heteroatoms. The van der Waals surface area contributed by atoms with E-state index in [4.69, 9.17) is 0 Å². The van der Waals surface area contributed by atoms with Gasteiger partial charge >= 0.3 is 0 Å². The molecule has 19 heavy (non-hydrogen) atoms. The monoisotopic (exact) mass is 263 g/mol. The van der Waals surface area contributed by atoms with Crippen molar-refractivity contribution in [2.45, 2.75) is 26.8 Å². The smallest absolute Gasteiger partial charge is 0.239 e. The predicted molar refractivity (Wildman–Crippen MR) is 80.5 cm³/mol. The largest absolute Gasteiger partial charge is 0.365 e. The molecule has 1 aromatic rings. The number of carbonyl (C=O) groups excluding carboxylic acids is 1. The Kier molecular flexibility index (Phi) is 6.36. The Morgan fingerprint density at radius 2 is 2.11 bits per heavy atom. The minimum absolute atomic E-state index is 0.0723. The summed E-state index contributed by atoms with van der Waals surface area (Å²) < 4.78 is 0. The van der Waals surface area contributed by atoms with Crippen LogP contribution in [-0.2, 0) is 11.3 Å². The number of nitrogens with zero attached hydrogens (tertiary/aromatic N) is 1. The lowest BCUT2D eigenvalue weighted by molar-refractivity contribution is -0.119. The third-order valence-electron chi connectivity index (χ3n) is 3.01. The summed E-state index contributed by atoms with van der Waals surface area (Å²) in [6.07, 6.45) is 0.965. The molecule has 0 spiro atoms. The van der Waals surface area contributed by atoms with Gasteiger partial charge in [0.1, 0.15) is 0 Å². The number of aryl methyl sites for hydroxylation is 1. The summed E-state index contributed by atoms with van der Waals surface area (Å²) in [5.41, 5.74) is 3.55. The first-order valence-corrected chi connectivity index (χ1v) is 6.80. The van der Waals surface area contributed by atoms with Crippen LogP contribution in [0.15, 0.2) is 18.2 Å². The van der Waals surface area contributed by atoms with Gasteiger partial charge < -0.3 is 15.5 Å². The minimum atomic E-state index is 0.0723. The van der Waals surface area contributed by atoms with Crippen LogP contribution in [0.1, 0.15) is 24.5 Å². The van der Waals surface area contributed by atoms with Crippen molar-refractivity contribution in [1.29, 1.82) is 0 Å². The molecule has 0 radical (unpaired) electrons. The van der Waals surface area contributed by atoms with Crippen LogP contribution in [0.3, 0.4) is 0 Å². The average Bonchev–Trinajstić information content (AvgIpc) is 2.36. The lowest BCUT2D eigenvalue weighted by Gasteiger charge is -2.21. The summed E-state index contributed by atoms with van der Waals surface area (Å²) in [4.78, 5) is 13.7. The van der Waals surface area contributed by atoms with Crippen molar-refractivity contribution in [2.75, 3.05) is 32.1 Å². The SMILES string of the molecule is CCCNC(=O)CN(C)c1ccc(CNC)cc1C. The van der Waals surface area contributed by atoms with Crippen LogP contribution >= 0.6 is 0 Å². The maximum Gasteiger partial charge on any atom is 0.239 e. The first-order chi connectivity index (χ1) is 9.08. The van der Waals surface area contributed by atoms with Crippen molar-refractivity contribution in [3.8, 4) is 0 Å². The highest BCUT2D eigenvalue weighted by Crippen LogP contribution is 2.19. The third-order valence-corrected chi connectivity index (χ3v) is 3.01. The zero-order valence-corrected chi connectivity index (χ0v) is 12.4. The van der Waals surface area contributed by atoms with E-state index in [1.807, 2.05) is 19.0 Å². The van der Waals surface area contributed by atoms with E-state index in [1.54, 1.807) is 0 Å². The number of benzene rings is 1. The molecule has 0 heterocycles. The summed E-state index contributed by atoms with van der Waals surface area (Å²) in [6, 6.07) is 6.33. The number of likely N-dealkylation sites (N-methyl/N-ethyl adjacent to an activating group) is 1. The van der Waals surface area contributed by atoms with E-state index in [-0.39, 0.29) is 5.91 Å². The van der Waals surface area contributed by atoms with E-state index in [1.165, 1.54) is 11.1 Å². The van der Waals surface area contributed by atoms with Gasteiger partial charge in [-0.05, 0) is 37.6 Å². The molecule has 0 fully saturated rings. The van der Waals surface area contributed by atoms with Crippen molar-refractivity contribution in [2.24, 2.45) is 0 Å². The van der Waals surface area contributed by atoms with Gasteiger partial charge in [-0.3, -0.25) is 4.79 Å². The molecule has 0 aromatic heterocycles. The molecule has 0 unspecified atom stereocenters. The standard InChI is InChI=1S/C15H25N3O/c1-5-8-17-15(19)11-18(4)14-7-6-13(10-16-3)9-12(14)2/h6-7,9,16H,5,8,10-11H2,1-4H3,(H,17,19). The molecule has 0 aliphatic rings. The number of rotatable bonds is 7. The van der Waals surface area contributed by atoms with Gasteiger partial charge in [0, 0.05) is 25.8 Å². The number of hydrogen-bond acceptors (Lipinski definition) is 3. The summed E-state index contributed by atoms with van der Waals surface area (Å²) in [5.74, 6) is 0.0723. The molecule has 1 amide bonds. The molecule has 2 N–H and O–H groups in total. The molecule has 0 bridgehead atoms. The van der Waals surface area contributed by atoms with E-state index in [0.29, 0.717) is 6.54 Å². The average molecular weight is 263 g/mol. The Balaban J connectivity index is 2.66. The van der Waals surface area contributed by atoms with Crippen LogP contribution in [-0.4, -0.2) is 33.1 Å². The highest BCUT2D eigenvalue weighted by atomic mass is 16.2. The topological polar surface area (TPSA) is 44.4 Å². The van der Waals surface area contributed by atoms with Crippen LogP contribution in [0.5, 0.6) is 0 Å². The van der Waals surface area contributed by atoms with Crippen molar-refractivity contribution >= 4 is 11.6 Å². The van der Waals surface area contributed by atoms with E-state index in [9.17, 15) is 4.79 Å². The quantitative estimate of drug-likeness (QED) is 0.786. The van der Waals surface area contributed by atoms with E-state index >= 15 is 0 Å². The molecule has 106 valence electrons. The van der Waals surface area contributed by atoms with Crippen molar-refractivity contribution in [1.82, 2.24) is 10.6 Å². The Morgan fingerprint density at radius 1 is 1.37 bits per heavy atom. The minimum Gasteiger partial charge on any atom is -0.365 e. The van der Waals surface area contributed by atoms with Gasteiger partial charge in [-0.1, -0.05) is 19.1 Å². The third kappa shape index (κ3) is 4.91. The van der Waals surface area contributed by atoms with Gasteiger partial charge in [0.25, 0.3) is 0 Å². The molecule has 1 rings (SSSR count). The first kappa shape index (κ1) is 15.5. The van der Waals surface area contributed by atoms with Gasteiger partial charge in [0.05, 0.1) is 6.54 Å². The van der Waals surface area contributed by atoms with E-state index < -0.39 is 0 Å². The fraction of sp³-hybridized carbons (Fsp3) is 0.533. The molecule has 0 aliphatic carbocycles. The number of amides is 1. The molecular formula is C15H25N3O. The molecule has 0 saturated carbocycles. The fourth-order valence-corrected chi connectivity index (χ4v) is 2.08. The Hall–Kier alpha value is -1.55. The van der Waals surface area contributed by atoms with Crippen LogP contribution in [0.25, 0.3) is 0 Å². The molecule has 0 saturated heterocycles. The Bertz CT molecular complexity index is 418. The lowest BCUT2D eigenvalue weighted by atomic mass is 10.1. The number of hydrogen-bond donors (Lipinski definition) is 2. The Labute approximate surface area is 116 Å². The van der Waals surface area contributed by atoms with Gasteiger partial charge in [0.2, 0.25) is 5.91 Å². The van der Waals surface area contributed by atoms with Crippen molar-refractivity contribution in [3.63, 3.8) is 0 Å². The molecule has 0 aliphatic heterocycles. The van der Waals surface area contributed by atoms with Crippen LogP contribution in [0.2, 0.25) is 0 Å². The van der Waals surface area contributed by atoms with Gasteiger partial charge in [-0.25, -0.2) is 0 Å². The summed E-state index contributed by atoms with van der Waals surface area (Å²) >= 11 is 0. The molecular weight excluding hydrogens is 238 g/mol. The lowest BCUT2D eigenvalue weighted by Crippen LogP contribution is -2.35. The highest BCUT2D eigenvalue weighted by Gasteiger charge is 2.09.